The molecule has 3 unspecified atom stereocenters. The van der Waals surface area contributed by atoms with Crippen LogP contribution in [0.25, 0.3) is 0 Å². The molecule has 0 radical (unpaired) electrons. The number of hydrogen-bond donors (Lipinski definition) is 1. The Morgan fingerprint density at radius 1 is 1.22 bits per heavy atom. The molecule has 2 fully saturated rings. The number of hydrogen-bond acceptors (Lipinski definition) is 3. The highest BCUT2D eigenvalue weighted by Gasteiger charge is 2.27. The van der Waals surface area contributed by atoms with Crippen molar-refractivity contribution in [3.8, 4) is 0 Å². The van der Waals surface area contributed by atoms with Crippen LogP contribution in [0.4, 0.5) is 0 Å². The lowest BCUT2D eigenvalue weighted by Crippen LogP contribution is -2.41. The van der Waals surface area contributed by atoms with E-state index < -0.39 is 0 Å². The fourth-order valence-electron chi connectivity index (χ4n) is 3.32. The zero-order valence-electron chi connectivity index (χ0n) is 12.0. The van der Waals surface area contributed by atoms with Gasteiger partial charge in [0, 0.05) is 19.1 Å². The van der Waals surface area contributed by atoms with E-state index in [9.17, 15) is 5.11 Å². The molecule has 0 aliphatic carbocycles. The molecule has 1 N–H and O–H groups in total. The fraction of sp³-hybridized carbons (Fsp3) is 1.00. The number of aliphatic hydroxyl groups is 1. The van der Waals surface area contributed by atoms with Gasteiger partial charge in [-0.3, -0.25) is 0 Å². The molecule has 0 aromatic rings. The zero-order chi connectivity index (χ0) is 13.0. The molecule has 2 aliphatic heterocycles. The highest BCUT2D eigenvalue weighted by molar-refractivity contribution is 4.79. The predicted molar refractivity (Wildman–Crippen MR) is 73.6 cm³/mol. The smallest absolute Gasteiger partial charge is 0.0624 e. The average Bonchev–Trinajstić information content (AvgIpc) is 2.58. The number of aliphatic hydroxyl groups excluding tert-OH is 1. The van der Waals surface area contributed by atoms with E-state index in [2.05, 4.69) is 18.7 Å². The summed E-state index contributed by atoms with van der Waals surface area (Å²) in [5.74, 6) is 2.03. The van der Waals surface area contributed by atoms with Crippen LogP contribution >= 0.6 is 0 Å². The van der Waals surface area contributed by atoms with Crippen molar-refractivity contribution in [1.82, 2.24) is 4.90 Å². The number of likely N-dealkylation sites (tertiary alicyclic amines) is 1. The van der Waals surface area contributed by atoms with Crippen molar-refractivity contribution in [1.29, 1.82) is 0 Å². The Balaban J connectivity index is 1.79. The van der Waals surface area contributed by atoms with Gasteiger partial charge in [0.1, 0.15) is 0 Å². The van der Waals surface area contributed by atoms with Crippen molar-refractivity contribution in [3.63, 3.8) is 0 Å². The van der Waals surface area contributed by atoms with E-state index in [1.54, 1.807) is 0 Å². The minimum absolute atomic E-state index is 0.150. The Bertz CT molecular complexity index is 245. The Labute approximate surface area is 112 Å². The van der Waals surface area contributed by atoms with Crippen LogP contribution in [-0.2, 0) is 4.74 Å². The molecule has 0 aromatic heterocycles. The first kappa shape index (κ1) is 14.3. The molecule has 0 saturated carbocycles. The summed E-state index contributed by atoms with van der Waals surface area (Å²) in [5.41, 5.74) is 0. The largest absolute Gasteiger partial charge is 0.393 e. The second-order valence-electron chi connectivity index (χ2n) is 6.43. The van der Waals surface area contributed by atoms with Gasteiger partial charge < -0.3 is 14.7 Å². The van der Waals surface area contributed by atoms with Gasteiger partial charge in [0.2, 0.25) is 0 Å². The first-order valence-electron chi connectivity index (χ1n) is 7.65. The summed E-state index contributed by atoms with van der Waals surface area (Å²) in [4.78, 5) is 2.55. The van der Waals surface area contributed by atoms with Crippen molar-refractivity contribution in [2.75, 3.05) is 32.8 Å². The van der Waals surface area contributed by atoms with E-state index >= 15 is 0 Å². The van der Waals surface area contributed by atoms with Crippen molar-refractivity contribution >= 4 is 0 Å². The third-order valence-electron chi connectivity index (χ3n) is 4.73. The zero-order valence-corrected chi connectivity index (χ0v) is 12.0. The summed E-state index contributed by atoms with van der Waals surface area (Å²) in [6.07, 6.45) is 4.67. The Morgan fingerprint density at radius 2 is 2.06 bits per heavy atom. The molecular formula is C15H29NO2. The molecule has 2 heterocycles. The van der Waals surface area contributed by atoms with E-state index in [1.165, 1.54) is 32.4 Å². The molecule has 18 heavy (non-hydrogen) atoms. The topological polar surface area (TPSA) is 32.7 Å². The summed E-state index contributed by atoms with van der Waals surface area (Å²) in [6, 6.07) is 0. The number of nitrogens with zero attached hydrogens (tertiary/aromatic N) is 1. The molecule has 0 bridgehead atoms. The maximum atomic E-state index is 10.0. The van der Waals surface area contributed by atoms with Gasteiger partial charge in [-0.25, -0.2) is 0 Å². The second kappa shape index (κ2) is 6.88. The summed E-state index contributed by atoms with van der Waals surface area (Å²) in [5, 5.41) is 10.0. The lowest BCUT2D eigenvalue weighted by molar-refractivity contribution is -0.0464. The second-order valence-corrected chi connectivity index (χ2v) is 6.43. The molecule has 3 nitrogen and oxygen atoms in total. The molecule has 0 aromatic carbocycles. The molecular weight excluding hydrogens is 226 g/mol. The van der Waals surface area contributed by atoms with E-state index in [0.29, 0.717) is 5.92 Å². The van der Waals surface area contributed by atoms with E-state index in [4.69, 9.17) is 4.74 Å². The lowest BCUT2D eigenvalue weighted by Gasteiger charge is -2.32. The summed E-state index contributed by atoms with van der Waals surface area (Å²) in [7, 11) is 0. The third kappa shape index (κ3) is 3.94. The Hall–Kier alpha value is -0.120. The monoisotopic (exact) mass is 255 g/mol. The molecule has 2 saturated heterocycles. The maximum absolute atomic E-state index is 10.0. The lowest BCUT2D eigenvalue weighted by atomic mass is 9.89. The highest BCUT2D eigenvalue weighted by atomic mass is 16.5. The standard InChI is InChI=1S/C15H29NO2/c1-12(2)13-4-3-7-16(8-5-13)10-14-11-18-9-6-15(14)17/h12-15,17H,3-11H2,1-2H3. The number of rotatable bonds is 3. The van der Waals surface area contributed by atoms with Gasteiger partial charge >= 0.3 is 0 Å². The van der Waals surface area contributed by atoms with Gasteiger partial charge in [-0.1, -0.05) is 13.8 Å². The van der Waals surface area contributed by atoms with Gasteiger partial charge in [-0.2, -0.15) is 0 Å². The van der Waals surface area contributed by atoms with Crippen LogP contribution in [0.5, 0.6) is 0 Å². The highest BCUT2D eigenvalue weighted by Crippen LogP contribution is 2.25. The molecule has 0 spiro atoms. The van der Waals surface area contributed by atoms with E-state index in [0.717, 1.165) is 38.0 Å². The van der Waals surface area contributed by atoms with Crippen molar-refractivity contribution in [3.05, 3.63) is 0 Å². The van der Waals surface area contributed by atoms with Crippen LogP contribution in [0.15, 0.2) is 0 Å². The fourth-order valence-corrected chi connectivity index (χ4v) is 3.32. The van der Waals surface area contributed by atoms with E-state index in [-0.39, 0.29) is 6.10 Å². The minimum atomic E-state index is -0.150. The molecule has 0 amide bonds. The van der Waals surface area contributed by atoms with Gasteiger partial charge in [-0.15, -0.1) is 0 Å². The predicted octanol–water partition coefficient (Wildman–Crippen LogP) is 2.14. The SMILES string of the molecule is CC(C)C1CCCN(CC2COCCC2O)CC1. The van der Waals surface area contributed by atoms with Crippen LogP contribution in [0.1, 0.15) is 39.5 Å². The molecule has 106 valence electrons. The van der Waals surface area contributed by atoms with Gasteiger partial charge in [0.15, 0.2) is 0 Å². The molecule has 3 heteroatoms. The Kier molecular flexibility index (Phi) is 5.46. The van der Waals surface area contributed by atoms with Gasteiger partial charge in [0.25, 0.3) is 0 Å². The van der Waals surface area contributed by atoms with Crippen LogP contribution in [0.2, 0.25) is 0 Å². The third-order valence-corrected chi connectivity index (χ3v) is 4.73. The first-order chi connectivity index (χ1) is 8.66. The summed E-state index contributed by atoms with van der Waals surface area (Å²) < 4.78 is 5.50. The van der Waals surface area contributed by atoms with Crippen molar-refractivity contribution < 1.29 is 9.84 Å². The molecule has 2 rings (SSSR count). The van der Waals surface area contributed by atoms with Crippen LogP contribution in [0, 0.1) is 17.8 Å². The van der Waals surface area contributed by atoms with Gasteiger partial charge in [0.05, 0.1) is 12.7 Å². The quantitative estimate of drug-likeness (QED) is 0.838. The van der Waals surface area contributed by atoms with Gasteiger partial charge in [-0.05, 0) is 50.6 Å². The van der Waals surface area contributed by atoms with Crippen molar-refractivity contribution in [2.24, 2.45) is 17.8 Å². The molecule has 3 atom stereocenters. The summed E-state index contributed by atoms with van der Waals surface area (Å²) in [6.45, 7) is 9.58. The average molecular weight is 255 g/mol. The molecule has 2 aliphatic rings. The van der Waals surface area contributed by atoms with E-state index in [1.807, 2.05) is 0 Å². The van der Waals surface area contributed by atoms with Crippen LogP contribution < -0.4 is 0 Å². The normalized spacial score (nSPS) is 35.7. The first-order valence-corrected chi connectivity index (χ1v) is 7.65. The maximum Gasteiger partial charge on any atom is 0.0624 e. The Morgan fingerprint density at radius 3 is 2.78 bits per heavy atom. The van der Waals surface area contributed by atoms with Crippen LogP contribution in [0.3, 0.4) is 0 Å². The van der Waals surface area contributed by atoms with Crippen molar-refractivity contribution in [2.45, 2.75) is 45.6 Å². The number of ether oxygens (including phenoxy) is 1. The minimum Gasteiger partial charge on any atom is -0.393 e. The van der Waals surface area contributed by atoms with Crippen LogP contribution in [-0.4, -0.2) is 49.0 Å². The summed E-state index contributed by atoms with van der Waals surface area (Å²) >= 11 is 0.